The molecule has 0 aliphatic carbocycles. The van der Waals surface area contributed by atoms with E-state index in [9.17, 15) is 27.2 Å². The minimum Gasteiger partial charge on any atom is -0.435 e. The summed E-state index contributed by atoms with van der Waals surface area (Å²) in [5.41, 5.74) is 1.18. The Morgan fingerprint density at radius 3 is 2.39 bits per heavy atom. The van der Waals surface area contributed by atoms with Crippen molar-refractivity contribution in [2.24, 2.45) is 0 Å². The van der Waals surface area contributed by atoms with Crippen LogP contribution in [0.3, 0.4) is 0 Å². The van der Waals surface area contributed by atoms with Crippen LogP contribution < -0.4 is 25.0 Å². The molecule has 0 bridgehead atoms. The number of carbonyl (C=O) groups is 2. The molecule has 1 aliphatic rings. The van der Waals surface area contributed by atoms with Crippen LogP contribution in [0.15, 0.2) is 48.5 Å². The largest absolute Gasteiger partial charge is 0.435 e. The highest BCUT2D eigenvalue weighted by atomic mass is 19.3. The number of nitrogens with one attached hydrogen (secondary N) is 2. The molecule has 3 rings (SSSR count). The minimum atomic E-state index is -3.20. The number of carbonyl (C=O) groups excluding carboxylic acids is 2. The third-order valence-corrected chi connectivity index (χ3v) is 4.14. The fourth-order valence-electron chi connectivity index (χ4n) is 2.82. The molecule has 3 amide bonds. The number of amides is 3. The number of hydrogen-bond acceptors (Lipinski definition) is 4. The molecule has 2 N–H and O–H groups in total. The maximum atomic E-state index is 12.6. The fourth-order valence-corrected chi connectivity index (χ4v) is 2.82. The van der Waals surface area contributed by atoms with Crippen molar-refractivity contribution >= 4 is 29.4 Å². The first-order valence-electron chi connectivity index (χ1n) is 9.00. The van der Waals surface area contributed by atoms with Crippen molar-refractivity contribution in [2.45, 2.75) is 13.2 Å². The third kappa shape index (κ3) is 6.11. The summed E-state index contributed by atoms with van der Waals surface area (Å²) in [6.07, 6.45) is 2.27. The van der Waals surface area contributed by atoms with Gasteiger partial charge in [0, 0.05) is 42.2 Å². The predicted molar refractivity (Wildman–Crippen MR) is 105 cm³/mol. The zero-order valence-electron chi connectivity index (χ0n) is 15.9. The van der Waals surface area contributed by atoms with Crippen LogP contribution in [0.2, 0.25) is 0 Å². The van der Waals surface area contributed by atoms with Crippen LogP contribution in [0.25, 0.3) is 6.08 Å². The summed E-state index contributed by atoms with van der Waals surface area (Å²) in [5, 5.41) is 5.26. The van der Waals surface area contributed by atoms with Gasteiger partial charge in [0.05, 0.1) is 0 Å². The number of alkyl halides is 4. The van der Waals surface area contributed by atoms with E-state index in [2.05, 4.69) is 20.1 Å². The van der Waals surface area contributed by atoms with Gasteiger partial charge in [-0.25, -0.2) is 4.79 Å². The Bertz CT molecular complexity index is 967. The first kappa shape index (κ1) is 21.9. The molecular weight excluding hydrogens is 422 g/mol. The lowest BCUT2D eigenvalue weighted by molar-refractivity contribution is -0.111. The van der Waals surface area contributed by atoms with Gasteiger partial charge in [-0.05, 0) is 42.5 Å². The van der Waals surface area contributed by atoms with Crippen molar-refractivity contribution in [1.29, 1.82) is 0 Å². The fraction of sp³-hybridized carbons (Fsp3) is 0.200. The topological polar surface area (TPSA) is 79.9 Å². The van der Waals surface area contributed by atoms with E-state index in [1.54, 1.807) is 29.2 Å². The van der Waals surface area contributed by atoms with E-state index in [-0.39, 0.29) is 17.3 Å². The zero-order chi connectivity index (χ0) is 22.4. The molecule has 0 saturated carbocycles. The van der Waals surface area contributed by atoms with Gasteiger partial charge in [-0.1, -0.05) is 0 Å². The average Bonchev–Trinajstić information content (AvgIpc) is 3.13. The highest BCUT2D eigenvalue weighted by Gasteiger charge is 2.20. The molecule has 0 atom stereocenters. The molecule has 0 radical (unpaired) electrons. The lowest BCUT2D eigenvalue weighted by Gasteiger charge is -2.14. The van der Waals surface area contributed by atoms with Gasteiger partial charge in [0.1, 0.15) is 11.5 Å². The van der Waals surface area contributed by atoms with Crippen LogP contribution in [-0.2, 0) is 4.79 Å². The molecule has 2 aromatic carbocycles. The van der Waals surface area contributed by atoms with E-state index >= 15 is 0 Å². The van der Waals surface area contributed by atoms with Crippen molar-refractivity contribution < 1.29 is 36.6 Å². The second kappa shape index (κ2) is 9.83. The molecule has 0 aromatic heterocycles. The molecule has 1 heterocycles. The molecule has 1 fully saturated rings. The molecular formula is C20H17F4N3O4. The monoisotopic (exact) mass is 439 g/mol. The minimum absolute atomic E-state index is 0.0625. The summed E-state index contributed by atoms with van der Waals surface area (Å²) >= 11 is 0. The lowest BCUT2D eigenvalue weighted by atomic mass is 10.1. The van der Waals surface area contributed by atoms with Gasteiger partial charge >= 0.3 is 19.3 Å². The Morgan fingerprint density at radius 2 is 1.77 bits per heavy atom. The molecule has 1 aliphatic heterocycles. The molecule has 164 valence electrons. The molecule has 0 unspecified atom stereocenters. The molecule has 7 nitrogen and oxygen atoms in total. The number of anilines is 2. The standard InChI is InChI=1S/C20H17F4N3O4/c21-18(22)30-15-7-1-12(16(11-15)31-19(23)24)2-8-17(28)26-13-3-5-14(6-4-13)27-10-9-25-20(27)29/h1-8,11,18-19H,9-10H2,(H,25,29)(H,26,28). The van der Waals surface area contributed by atoms with E-state index in [4.69, 9.17) is 0 Å². The van der Waals surface area contributed by atoms with Crippen LogP contribution in [-0.4, -0.2) is 38.3 Å². The number of benzene rings is 2. The first-order valence-corrected chi connectivity index (χ1v) is 9.00. The Morgan fingerprint density at radius 1 is 1.06 bits per heavy atom. The highest BCUT2D eigenvalue weighted by molar-refractivity contribution is 6.02. The summed E-state index contributed by atoms with van der Waals surface area (Å²) in [4.78, 5) is 25.4. The maximum absolute atomic E-state index is 12.6. The Balaban J connectivity index is 1.66. The number of rotatable bonds is 8. The highest BCUT2D eigenvalue weighted by Crippen LogP contribution is 2.28. The summed E-state index contributed by atoms with van der Waals surface area (Å²) in [6.45, 7) is -5.23. The van der Waals surface area contributed by atoms with Crippen LogP contribution in [0, 0.1) is 0 Å². The average molecular weight is 439 g/mol. The van der Waals surface area contributed by atoms with Crippen molar-refractivity contribution in [3.8, 4) is 11.5 Å². The number of nitrogens with zero attached hydrogens (tertiary/aromatic N) is 1. The van der Waals surface area contributed by atoms with Gasteiger partial charge in [0.15, 0.2) is 0 Å². The molecule has 2 aromatic rings. The smallest absolute Gasteiger partial charge is 0.387 e. The molecule has 31 heavy (non-hydrogen) atoms. The van der Waals surface area contributed by atoms with Crippen LogP contribution in [0.1, 0.15) is 5.56 Å². The van der Waals surface area contributed by atoms with Crippen molar-refractivity contribution in [2.75, 3.05) is 23.3 Å². The second-order valence-corrected chi connectivity index (χ2v) is 6.21. The summed E-state index contributed by atoms with van der Waals surface area (Å²) < 4.78 is 58.3. The van der Waals surface area contributed by atoms with Gasteiger partial charge in [0.25, 0.3) is 0 Å². The van der Waals surface area contributed by atoms with E-state index in [0.29, 0.717) is 24.5 Å². The van der Waals surface area contributed by atoms with E-state index in [0.717, 1.165) is 18.2 Å². The van der Waals surface area contributed by atoms with Gasteiger partial charge < -0.3 is 20.1 Å². The van der Waals surface area contributed by atoms with Crippen LogP contribution >= 0.6 is 0 Å². The van der Waals surface area contributed by atoms with Gasteiger partial charge in [0.2, 0.25) is 5.91 Å². The van der Waals surface area contributed by atoms with E-state index in [1.807, 2.05) is 0 Å². The van der Waals surface area contributed by atoms with Crippen LogP contribution in [0.4, 0.5) is 33.7 Å². The number of hydrogen-bond donors (Lipinski definition) is 2. The van der Waals surface area contributed by atoms with Gasteiger partial charge in [-0.15, -0.1) is 0 Å². The normalized spacial score (nSPS) is 13.7. The summed E-state index contributed by atoms with van der Waals surface area (Å²) in [6, 6.07) is 9.56. The quantitative estimate of drug-likeness (QED) is 0.480. The SMILES string of the molecule is O=C(C=Cc1ccc(OC(F)F)cc1OC(F)F)Nc1ccc(N2CCNC2=O)cc1. The molecule has 0 spiro atoms. The number of ether oxygens (including phenoxy) is 2. The lowest BCUT2D eigenvalue weighted by Crippen LogP contribution is -2.27. The summed E-state index contributed by atoms with van der Waals surface area (Å²) in [5.74, 6) is -1.35. The van der Waals surface area contributed by atoms with Crippen LogP contribution in [0.5, 0.6) is 11.5 Å². The Labute approximate surface area is 174 Å². The zero-order valence-corrected chi connectivity index (χ0v) is 15.9. The van der Waals surface area contributed by atoms with Gasteiger partial charge in [-0.3, -0.25) is 9.69 Å². The summed E-state index contributed by atoms with van der Waals surface area (Å²) in [7, 11) is 0. The predicted octanol–water partition coefficient (Wildman–Crippen LogP) is 4.07. The number of urea groups is 1. The second-order valence-electron chi connectivity index (χ2n) is 6.21. The number of halogens is 4. The van der Waals surface area contributed by atoms with E-state index < -0.39 is 24.9 Å². The van der Waals surface area contributed by atoms with Crippen molar-refractivity contribution in [3.05, 3.63) is 54.1 Å². The maximum Gasteiger partial charge on any atom is 0.387 e. The van der Waals surface area contributed by atoms with E-state index in [1.165, 1.54) is 12.1 Å². The van der Waals surface area contributed by atoms with Crippen molar-refractivity contribution in [1.82, 2.24) is 5.32 Å². The van der Waals surface area contributed by atoms with Crippen molar-refractivity contribution in [3.63, 3.8) is 0 Å². The molecule has 11 heteroatoms. The Kier molecular flexibility index (Phi) is 6.96. The first-order chi connectivity index (χ1) is 14.8. The molecule has 1 saturated heterocycles. The Hall–Kier alpha value is -3.76. The van der Waals surface area contributed by atoms with Gasteiger partial charge in [-0.2, -0.15) is 17.6 Å². The third-order valence-electron chi connectivity index (χ3n) is 4.14.